The van der Waals surface area contributed by atoms with Gasteiger partial charge in [-0.05, 0) is 24.0 Å². The number of carboxylic acids is 1. The molecule has 1 aliphatic carbocycles. The lowest BCUT2D eigenvalue weighted by atomic mass is 9.84. The summed E-state index contributed by atoms with van der Waals surface area (Å²) in [6, 6.07) is 7.58. The van der Waals surface area contributed by atoms with Gasteiger partial charge in [-0.2, -0.15) is 0 Å². The Kier molecular flexibility index (Phi) is 8.50. The number of benzene rings is 1. The number of rotatable bonds is 10. The van der Waals surface area contributed by atoms with Gasteiger partial charge in [0.1, 0.15) is 0 Å². The maximum Gasteiger partial charge on any atom is 0.355 e. The fourth-order valence-electron chi connectivity index (χ4n) is 4.29. The van der Waals surface area contributed by atoms with E-state index < -0.39 is 18.2 Å². The number of carboxylic acid groups (broad SMARTS) is 1. The monoisotopic (exact) mass is 460 g/mol. The number of aromatic nitrogens is 1. The molecule has 6 nitrogen and oxygen atoms in total. The lowest BCUT2D eigenvalue weighted by Crippen LogP contribution is -2.20. The van der Waals surface area contributed by atoms with Gasteiger partial charge in [0.05, 0.1) is 12.2 Å². The van der Waals surface area contributed by atoms with Gasteiger partial charge in [0.2, 0.25) is 6.04 Å². The molecule has 8 heteroatoms. The lowest BCUT2D eigenvalue weighted by molar-refractivity contribution is 0.0690. The zero-order valence-corrected chi connectivity index (χ0v) is 19.1. The largest absolute Gasteiger partial charge is 0.476 e. The van der Waals surface area contributed by atoms with Crippen molar-refractivity contribution in [2.24, 2.45) is 5.92 Å². The molecule has 0 amide bonds. The molecule has 3 unspecified atom stereocenters. The minimum Gasteiger partial charge on any atom is -0.476 e. The fourth-order valence-corrected chi connectivity index (χ4v) is 6.20. The summed E-state index contributed by atoms with van der Waals surface area (Å²) in [5, 5.41) is 31.6. The summed E-state index contributed by atoms with van der Waals surface area (Å²) in [6.07, 6.45) is 2.92. The third-order valence-corrected chi connectivity index (χ3v) is 7.99. The Morgan fingerprint density at radius 1 is 1.39 bits per heavy atom. The van der Waals surface area contributed by atoms with E-state index in [9.17, 15) is 15.0 Å². The summed E-state index contributed by atoms with van der Waals surface area (Å²) in [6.45, 7) is 9.68. The van der Waals surface area contributed by atoms with Crippen molar-refractivity contribution in [2.45, 2.75) is 67.5 Å². The second-order valence-electron chi connectivity index (χ2n) is 7.95. The first-order chi connectivity index (χ1) is 14.9. The summed E-state index contributed by atoms with van der Waals surface area (Å²) < 4.78 is 0.706. The van der Waals surface area contributed by atoms with Crippen LogP contribution in [-0.4, -0.2) is 44.2 Å². The van der Waals surface area contributed by atoms with Crippen LogP contribution in [0.25, 0.3) is 4.85 Å². The normalized spacial score (nSPS) is 24.1. The number of carbonyl (C=O) groups is 1. The van der Waals surface area contributed by atoms with E-state index in [-0.39, 0.29) is 23.6 Å². The second kappa shape index (κ2) is 11.1. The maximum atomic E-state index is 11.0. The Bertz CT molecular complexity index is 909. The lowest BCUT2D eigenvalue weighted by Gasteiger charge is -2.22. The van der Waals surface area contributed by atoms with Crippen LogP contribution < -0.4 is 0 Å². The summed E-state index contributed by atoms with van der Waals surface area (Å²) in [4.78, 5) is 18.9. The van der Waals surface area contributed by atoms with Crippen molar-refractivity contribution in [3.05, 3.63) is 57.9 Å². The van der Waals surface area contributed by atoms with Crippen molar-refractivity contribution in [1.29, 1.82) is 0 Å². The highest BCUT2D eigenvalue weighted by Gasteiger charge is 2.46. The van der Waals surface area contributed by atoms with Crippen LogP contribution in [0.15, 0.2) is 34.0 Å². The van der Waals surface area contributed by atoms with Gasteiger partial charge in [-0.15, -0.1) is 11.3 Å². The number of hydrogen-bond donors (Lipinski definition) is 3. The van der Waals surface area contributed by atoms with Crippen LogP contribution in [0.1, 0.15) is 72.7 Å². The summed E-state index contributed by atoms with van der Waals surface area (Å²) in [5.74, 6) is -0.416. The summed E-state index contributed by atoms with van der Waals surface area (Å²) in [7, 11) is 0. The molecule has 2 aromatic rings. The first-order valence-corrected chi connectivity index (χ1v) is 12.4. The molecule has 1 aromatic carbocycles. The molecule has 0 saturated heterocycles. The van der Waals surface area contributed by atoms with Gasteiger partial charge in [-0.3, -0.25) is 0 Å². The average molecular weight is 461 g/mol. The molecule has 0 spiro atoms. The first kappa shape index (κ1) is 23.7. The molecular weight excluding hydrogens is 432 g/mol. The predicted octanol–water partition coefficient (Wildman–Crippen LogP) is 5.00. The standard InChI is InChI=1S/C23H28N2O4S2/c1-3-4-5-19(26)14-6-8-15(9-7-14)21-16(17(24-2)12-20(21)27)10-11-30-23-25-18(13-31-23)22(28)29/h6-9,13,16-17,19-21,26-27H,3-5,10-12H2,1H3,(H,28,29)/t16?,17-,19?,20-,21?/m1/s1. The molecule has 5 atom stereocenters. The SMILES string of the molecule is [C-]#[N+][C@@H]1C[C@@H](O)C(c2ccc(C(O)CCCC)cc2)C1CCSc1nc(C(=O)O)cs1. The highest BCUT2D eigenvalue weighted by Crippen LogP contribution is 2.44. The Morgan fingerprint density at radius 2 is 2.13 bits per heavy atom. The molecule has 3 N–H and O–H groups in total. The van der Waals surface area contributed by atoms with Gasteiger partial charge in [0, 0.05) is 29.4 Å². The van der Waals surface area contributed by atoms with Gasteiger partial charge in [0.15, 0.2) is 10.0 Å². The number of thioether (sulfide) groups is 1. The van der Waals surface area contributed by atoms with Gasteiger partial charge in [0.25, 0.3) is 0 Å². The highest BCUT2D eigenvalue weighted by molar-refractivity contribution is 8.01. The van der Waals surface area contributed by atoms with Crippen LogP contribution in [0.2, 0.25) is 0 Å². The molecule has 0 radical (unpaired) electrons. The van der Waals surface area contributed by atoms with Gasteiger partial charge in [-0.1, -0.05) is 55.8 Å². The van der Waals surface area contributed by atoms with Crippen LogP contribution in [0.3, 0.4) is 0 Å². The van der Waals surface area contributed by atoms with Crippen molar-refractivity contribution in [3.63, 3.8) is 0 Å². The van der Waals surface area contributed by atoms with Crippen molar-refractivity contribution >= 4 is 29.1 Å². The van der Waals surface area contributed by atoms with Crippen LogP contribution in [0.4, 0.5) is 0 Å². The Balaban J connectivity index is 1.67. The summed E-state index contributed by atoms with van der Waals surface area (Å²) in [5.41, 5.74) is 1.95. The topological polar surface area (TPSA) is 95.0 Å². The molecule has 166 valence electrons. The smallest absolute Gasteiger partial charge is 0.355 e. The van der Waals surface area contributed by atoms with E-state index in [1.165, 1.54) is 28.5 Å². The van der Waals surface area contributed by atoms with Crippen LogP contribution in [-0.2, 0) is 0 Å². The molecule has 0 aliphatic heterocycles. The first-order valence-electron chi connectivity index (χ1n) is 10.6. The number of unbranched alkanes of at least 4 members (excludes halogenated alkanes) is 1. The Hall–Kier alpha value is -1.92. The highest BCUT2D eigenvalue weighted by atomic mass is 32.2. The number of aromatic carboxylic acids is 1. The number of hydrogen-bond acceptors (Lipinski definition) is 6. The zero-order valence-electron chi connectivity index (χ0n) is 17.5. The number of nitrogens with zero attached hydrogens (tertiary/aromatic N) is 2. The third-order valence-electron chi connectivity index (χ3n) is 5.94. The summed E-state index contributed by atoms with van der Waals surface area (Å²) >= 11 is 2.81. The van der Waals surface area contributed by atoms with E-state index in [0.717, 1.165) is 36.8 Å². The van der Waals surface area contributed by atoms with E-state index in [1.54, 1.807) is 0 Å². The molecule has 31 heavy (non-hydrogen) atoms. The van der Waals surface area contributed by atoms with E-state index >= 15 is 0 Å². The quantitative estimate of drug-likeness (QED) is 0.341. The van der Waals surface area contributed by atoms with E-state index in [2.05, 4.69) is 16.8 Å². The van der Waals surface area contributed by atoms with Gasteiger partial charge >= 0.3 is 5.97 Å². The van der Waals surface area contributed by atoms with Crippen molar-refractivity contribution in [2.75, 3.05) is 5.75 Å². The molecule has 1 saturated carbocycles. The van der Waals surface area contributed by atoms with Crippen molar-refractivity contribution in [1.82, 2.24) is 4.98 Å². The Morgan fingerprint density at radius 3 is 2.74 bits per heavy atom. The molecule has 1 heterocycles. The molecular formula is C23H28N2O4S2. The maximum absolute atomic E-state index is 11.0. The van der Waals surface area contributed by atoms with E-state index in [0.29, 0.717) is 16.5 Å². The number of aliphatic hydroxyl groups excluding tert-OH is 2. The predicted molar refractivity (Wildman–Crippen MR) is 123 cm³/mol. The van der Waals surface area contributed by atoms with Crippen LogP contribution >= 0.6 is 23.1 Å². The molecule has 0 bridgehead atoms. The van der Waals surface area contributed by atoms with Crippen molar-refractivity contribution in [3.8, 4) is 0 Å². The third kappa shape index (κ3) is 5.86. The molecule has 1 fully saturated rings. The van der Waals surface area contributed by atoms with Crippen molar-refractivity contribution < 1.29 is 20.1 Å². The van der Waals surface area contributed by atoms with E-state index in [1.807, 2.05) is 24.3 Å². The molecule has 3 rings (SSSR count). The minimum absolute atomic E-state index is 0.0229. The Labute approximate surface area is 191 Å². The van der Waals surface area contributed by atoms with E-state index in [4.69, 9.17) is 11.7 Å². The molecule has 1 aliphatic rings. The number of thiazole rings is 1. The zero-order chi connectivity index (χ0) is 22.4. The second-order valence-corrected chi connectivity index (χ2v) is 10.2. The van der Waals surface area contributed by atoms with Crippen LogP contribution in [0, 0.1) is 12.5 Å². The van der Waals surface area contributed by atoms with Gasteiger partial charge in [-0.25, -0.2) is 16.4 Å². The molecule has 1 aromatic heterocycles. The average Bonchev–Trinajstić information content (AvgIpc) is 3.36. The van der Waals surface area contributed by atoms with Gasteiger partial charge < -0.3 is 20.2 Å². The number of aliphatic hydroxyl groups is 2. The fraction of sp³-hybridized carbons (Fsp3) is 0.522. The minimum atomic E-state index is -1.03. The van der Waals surface area contributed by atoms with Crippen LogP contribution in [0.5, 0.6) is 0 Å².